The lowest BCUT2D eigenvalue weighted by atomic mass is 9.96. The van der Waals surface area contributed by atoms with Crippen LogP contribution in [0.3, 0.4) is 0 Å². The molecule has 1 aromatic rings. The number of carbonyl (C=O) groups is 1. The van der Waals surface area contributed by atoms with Gasteiger partial charge in [-0.3, -0.25) is 4.79 Å². The van der Waals surface area contributed by atoms with Gasteiger partial charge in [0.2, 0.25) is 0 Å². The molecule has 0 radical (unpaired) electrons. The van der Waals surface area contributed by atoms with Crippen LogP contribution in [0.15, 0.2) is 6.07 Å². The number of piperidine rings is 1. The Balaban J connectivity index is 1.85. The van der Waals surface area contributed by atoms with Crippen LogP contribution >= 0.6 is 0 Å². The second-order valence-electron chi connectivity index (χ2n) is 6.59. The highest BCUT2D eigenvalue weighted by Crippen LogP contribution is 2.28. The van der Waals surface area contributed by atoms with E-state index in [4.69, 9.17) is 0 Å². The molecule has 1 amide bonds. The molecule has 3 fully saturated rings. The number of likely N-dealkylation sites (N-methyl/N-ethyl adjacent to an activating group) is 1. The molecule has 3 aliphatic heterocycles. The molecule has 4 nitrogen and oxygen atoms in total. The number of aromatic nitrogens is 1. The summed E-state index contributed by atoms with van der Waals surface area (Å²) < 4.78 is 2.10. The van der Waals surface area contributed by atoms with Crippen LogP contribution in [0.1, 0.15) is 34.6 Å². The van der Waals surface area contributed by atoms with Crippen molar-refractivity contribution in [3.8, 4) is 0 Å². The summed E-state index contributed by atoms with van der Waals surface area (Å²) in [5.74, 6) is 0.867. The Hall–Kier alpha value is -1.29. The zero-order valence-corrected chi connectivity index (χ0v) is 13.0. The Kier molecular flexibility index (Phi) is 3.36. The number of carbonyl (C=O) groups excluding carboxylic acids is 1. The predicted molar refractivity (Wildman–Crippen MR) is 79.9 cm³/mol. The molecule has 2 atom stereocenters. The van der Waals surface area contributed by atoms with Crippen molar-refractivity contribution >= 4 is 5.91 Å². The van der Waals surface area contributed by atoms with Crippen LogP contribution in [-0.2, 0) is 7.05 Å². The lowest BCUT2D eigenvalue weighted by molar-refractivity contribution is 0.0742. The minimum atomic E-state index is 0.221. The van der Waals surface area contributed by atoms with Gasteiger partial charge in [0.15, 0.2) is 0 Å². The van der Waals surface area contributed by atoms with Crippen molar-refractivity contribution in [1.29, 1.82) is 0 Å². The third kappa shape index (κ3) is 2.16. The van der Waals surface area contributed by atoms with E-state index in [1.807, 2.05) is 20.0 Å². The second kappa shape index (κ2) is 4.92. The maximum Gasteiger partial charge on any atom is 0.255 e. The zero-order chi connectivity index (χ0) is 14.4. The molecule has 0 N–H and O–H groups in total. The topological polar surface area (TPSA) is 28.5 Å². The van der Waals surface area contributed by atoms with Gasteiger partial charge < -0.3 is 14.4 Å². The largest absolute Gasteiger partial charge is 0.351 e. The van der Waals surface area contributed by atoms with Gasteiger partial charge in [-0.15, -0.1) is 0 Å². The van der Waals surface area contributed by atoms with Crippen LogP contribution in [0, 0.1) is 19.8 Å². The van der Waals surface area contributed by atoms with Crippen LogP contribution in [0.2, 0.25) is 0 Å². The minimum Gasteiger partial charge on any atom is -0.351 e. The summed E-state index contributed by atoms with van der Waals surface area (Å²) in [6, 6.07) is 2.58. The van der Waals surface area contributed by atoms with Crippen molar-refractivity contribution < 1.29 is 4.79 Å². The number of aryl methyl sites for hydroxylation is 1. The van der Waals surface area contributed by atoms with Gasteiger partial charge in [0, 0.05) is 44.1 Å². The molecule has 110 valence electrons. The van der Waals surface area contributed by atoms with Crippen LogP contribution in [-0.4, -0.2) is 53.0 Å². The summed E-state index contributed by atoms with van der Waals surface area (Å²) in [5.41, 5.74) is 3.12. The highest BCUT2D eigenvalue weighted by molar-refractivity contribution is 5.95. The molecule has 0 aliphatic carbocycles. The van der Waals surface area contributed by atoms with Crippen LogP contribution in [0.5, 0.6) is 0 Å². The monoisotopic (exact) mass is 275 g/mol. The average Bonchev–Trinajstić information content (AvgIpc) is 2.64. The molecule has 0 aromatic carbocycles. The zero-order valence-electron chi connectivity index (χ0n) is 13.0. The Morgan fingerprint density at radius 2 is 1.90 bits per heavy atom. The first-order valence-corrected chi connectivity index (χ1v) is 7.59. The van der Waals surface area contributed by atoms with Gasteiger partial charge >= 0.3 is 0 Å². The van der Waals surface area contributed by atoms with E-state index in [1.54, 1.807) is 0 Å². The average molecular weight is 275 g/mol. The molecule has 3 aliphatic rings. The number of fused-ring (bicyclic) bond motifs is 4. The minimum absolute atomic E-state index is 0.221. The van der Waals surface area contributed by atoms with E-state index in [2.05, 4.69) is 28.3 Å². The van der Waals surface area contributed by atoms with Gasteiger partial charge in [0.05, 0.1) is 5.56 Å². The van der Waals surface area contributed by atoms with Gasteiger partial charge in [-0.1, -0.05) is 0 Å². The van der Waals surface area contributed by atoms with E-state index in [9.17, 15) is 4.79 Å². The third-order valence-corrected chi connectivity index (χ3v) is 5.28. The standard InChI is InChI=1S/C16H25N3O/c1-11-7-15(12(2)18(11)4)16(20)19-9-13-5-6-14(10-19)17(3)8-13/h7,13-14H,5-6,8-10H2,1-4H3/t13-,14-/m0/s1. The highest BCUT2D eigenvalue weighted by Gasteiger charge is 2.35. The normalized spacial score (nSPS) is 26.9. The predicted octanol–water partition coefficient (Wildman–Crippen LogP) is 1.81. The maximum atomic E-state index is 12.9. The molecule has 1 aromatic heterocycles. The summed E-state index contributed by atoms with van der Waals surface area (Å²) in [4.78, 5) is 17.4. The van der Waals surface area contributed by atoms with Crippen molar-refractivity contribution in [3.05, 3.63) is 23.0 Å². The molecule has 4 heteroatoms. The van der Waals surface area contributed by atoms with E-state index >= 15 is 0 Å². The van der Waals surface area contributed by atoms with E-state index < -0.39 is 0 Å². The SMILES string of the molecule is Cc1cc(C(=O)N2C[C@H]3CC[C@@H](C2)N(C)C3)c(C)n1C. The van der Waals surface area contributed by atoms with Gasteiger partial charge in [0.25, 0.3) is 5.91 Å². The number of hydrogen-bond acceptors (Lipinski definition) is 2. The van der Waals surface area contributed by atoms with Crippen LogP contribution < -0.4 is 0 Å². The number of hydrogen-bond donors (Lipinski definition) is 0. The fourth-order valence-corrected chi connectivity index (χ4v) is 3.72. The number of nitrogens with zero attached hydrogens (tertiary/aromatic N) is 3. The number of rotatable bonds is 1. The third-order valence-electron chi connectivity index (χ3n) is 5.28. The first kappa shape index (κ1) is 13.7. The maximum absolute atomic E-state index is 12.9. The first-order valence-electron chi connectivity index (χ1n) is 7.59. The van der Waals surface area contributed by atoms with E-state index in [1.165, 1.54) is 12.8 Å². The van der Waals surface area contributed by atoms with Gasteiger partial charge in [0.1, 0.15) is 0 Å². The fraction of sp³-hybridized carbons (Fsp3) is 0.688. The molecule has 0 spiro atoms. The molecular formula is C16H25N3O. The molecule has 4 rings (SSSR count). The van der Waals surface area contributed by atoms with Gasteiger partial charge in [-0.05, 0) is 45.7 Å². The second-order valence-corrected chi connectivity index (χ2v) is 6.59. The molecule has 0 saturated carbocycles. The Labute approximate surface area is 121 Å². The van der Waals surface area contributed by atoms with Crippen molar-refractivity contribution in [2.75, 3.05) is 26.7 Å². The lowest BCUT2D eigenvalue weighted by Crippen LogP contribution is -2.42. The molecule has 2 bridgehead atoms. The van der Waals surface area contributed by atoms with Crippen LogP contribution in [0.4, 0.5) is 0 Å². The smallest absolute Gasteiger partial charge is 0.255 e. The molecule has 20 heavy (non-hydrogen) atoms. The molecular weight excluding hydrogens is 250 g/mol. The molecule has 0 unspecified atom stereocenters. The summed E-state index contributed by atoms with van der Waals surface area (Å²) in [5, 5.41) is 0. The lowest BCUT2D eigenvalue weighted by Gasteiger charge is -2.32. The fourth-order valence-electron chi connectivity index (χ4n) is 3.72. The summed E-state index contributed by atoms with van der Waals surface area (Å²) >= 11 is 0. The Morgan fingerprint density at radius 3 is 2.50 bits per heavy atom. The highest BCUT2D eigenvalue weighted by atomic mass is 16.2. The van der Waals surface area contributed by atoms with Crippen LogP contribution in [0.25, 0.3) is 0 Å². The van der Waals surface area contributed by atoms with E-state index in [0.717, 1.165) is 36.6 Å². The Bertz CT molecular complexity index is 534. The summed E-state index contributed by atoms with van der Waals surface area (Å²) in [6.07, 6.45) is 2.50. The summed E-state index contributed by atoms with van der Waals surface area (Å²) in [7, 11) is 4.23. The van der Waals surface area contributed by atoms with Crippen molar-refractivity contribution in [2.45, 2.75) is 32.7 Å². The van der Waals surface area contributed by atoms with Crippen molar-refractivity contribution in [2.24, 2.45) is 13.0 Å². The molecule has 3 saturated heterocycles. The summed E-state index contributed by atoms with van der Waals surface area (Å²) in [6.45, 7) is 7.05. The van der Waals surface area contributed by atoms with E-state index in [-0.39, 0.29) is 5.91 Å². The molecule has 4 heterocycles. The van der Waals surface area contributed by atoms with Crippen molar-refractivity contribution in [3.63, 3.8) is 0 Å². The first-order chi connectivity index (χ1) is 9.47. The van der Waals surface area contributed by atoms with Gasteiger partial charge in [-0.2, -0.15) is 0 Å². The quantitative estimate of drug-likeness (QED) is 0.782. The van der Waals surface area contributed by atoms with Gasteiger partial charge in [-0.25, -0.2) is 0 Å². The van der Waals surface area contributed by atoms with Crippen molar-refractivity contribution in [1.82, 2.24) is 14.4 Å². The number of amides is 1. The van der Waals surface area contributed by atoms with E-state index in [0.29, 0.717) is 12.0 Å². The Morgan fingerprint density at radius 1 is 1.15 bits per heavy atom.